The molecule has 13 nitrogen and oxygen atoms in total. The largest absolute Gasteiger partial charge is 0.458 e. The van der Waals surface area contributed by atoms with Crippen molar-refractivity contribution in [1.82, 2.24) is 5.32 Å². The van der Waals surface area contributed by atoms with Crippen molar-refractivity contribution in [3.63, 3.8) is 0 Å². The van der Waals surface area contributed by atoms with E-state index in [1.807, 2.05) is 13.0 Å². The molecule has 322 valence electrons. The smallest absolute Gasteiger partial charge is 0.338 e. The lowest BCUT2D eigenvalue weighted by Gasteiger charge is -2.68. The van der Waals surface area contributed by atoms with Gasteiger partial charge in [0, 0.05) is 36.7 Å². The maximum Gasteiger partial charge on any atom is 0.338 e. The quantitative estimate of drug-likeness (QED) is 0.138. The van der Waals surface area contributed by atoms with Gasteiger partial charge in [-0.3, -0.25) is 24.0 Å². The van der Waals surface area contributed by atoms with Crippen LogP contribution in [0.2, 0.25) is 0 Å². The molecule has 3 fully saturated rings. The molecule has 4 aliphatic rings. The first-order valence-corrected chi connectivity index (χ1v) is 20.7. The van der Waals surface area contributed by atoms with E-state index in [1.165, 1.54) is 13.8 Å². The number of ether oxygens (including phenoxy) is 5. The number of carbonyl (C=O) groups excluding carboxylic acids is 6. The van der Waals surface area contributed by atoms with Gasteiger partial charge in [-0.25, -0.2) is 4.79 Å². The molecule has 3 aliphatic carbocycles. The fourth-order valence-electron chi connectivity index (χ4n) is 10.5. The summed E-state index contributed by atoms with van der Waals surface area (Å²) in [7, 11) is 0. The number of carbonyl (C=O) groups is 6. The van der Waals surface area contributed by atoms with Crippen LogP contribution in [0.5, 0.6) is 0 Å². The molecule has 3 aromatic rings. The highest BCUT2D eigenvalue weighted by atomic mass is 16.6. The number of hydrogen-bond donors (Lipinski definition) is 2. The first-order chi connectivity index (χ1) is 28.8. The highest BCUT2D eigenvalue weighted by molar-refractivity contribution is 5.96. The van der Waals surface area contributed by atoms with Gasteiger partial charge in [-0.05, 0) is 60.2 Å². The predicted octanol–water partition coefficient (Wildman–Crippen LogP) is 6.04. The summed E-state index contributed by atoms with van der Waals surface area (Å²) < 4.78 is 31.0. The third-order valence-corrected chi connectivity index (χ3v) is 13.8. The Morgan fingerprint density at radius 2 is 1.43 bits per heavy atom. The second kappa shape index (κ2) is 16.3. The Morgan fingerprint density at radius 1 is 0.836 bits per heavy atom. The molecule has 0 spiro atoms. The number of amides is 1. The summed E-state index contributed by atoms with van der Waals surface area (Å²) in [6.45, 7) is 10.8. The Bertz CT molecular complexity index is 2240. The molecule has 2 N–H and O–H groups in total. The molecule has 0 radical (unpaired) electrons. The van der Waals surface area contributed by atoms with Crippen LogP contribution in [0.4, 0.5) is 0 Å². The minimum Gasteiger partial charge on any atom is -0.458 e. The number of benzene rings is 3. The van der Waals surface area contributed by atoms with Crippen LogP contribution in [0.15, 0.2) is 102 Å². The Hall–Kier alpha value is -5.66. The van der Waals surface area contributed by atoms with Crippen LogP contribution in [0.3, 0.4) is 0 Å². The minimum atomic E-state index is -2.19. The summed E-state index contributed by atoms with van der Waals surface area (Å²) >= 11 is 0. The van der Waals surface area contributed by atoms with Gasteiger partial charge < -0.3 is 34.1 Å². The summed E-state index contributed by atoms with van der Waals surface area (Å²) in [5.74, 6) is -5.75. The molecule has 1 heterocycles. The van der Waals surface area contributed by atoms with Crippen molar-refractivity contribution in [1.29, 1.82) is 0 Å². The zero-order chi connectivity index (χ0) is 44.1. The lowest BCUT2D eigenvalue weighted by Crippen LogP contribution is -2.80. The fourth-order valence-corrected chi connectivity index (χ4v) is 10.5. The van der Waals surface area contributed by atoms with Crippen molar-refractivity contribution >= 4 is 35.6 Å². The highest BCUT2D eigenvalue weighted by Gasteiger charge is 2.77. The van der Waals surface area contributed by atoms with E-state index in [4.69, 9.17) is 23.7 Å². The molecule has 10 atom stereocenters. The van der Waals surface area contributed by atoms with E-state index in [0.29, 0.717) is 16.7 Å². The van der Waals surface area contributed by atoms with Crippen molar-refractivity contribution < 1.29 is 57.6 Å². The maximum absolute atomic E-state index is 15.6. The number of esters is 4. The second-order valence-electron chi connectivity index (χ2n) is 17.6. The van der Waals surface area contributed by atoms with Gasteiger partial charge in [-0.2, -0.15) is 0 Å². The summed E-state index contributed by atoms with van der Waals surface area (Å²) in [5, 5.41) is 16.7. The van der Waals surface area contributed by atoms with Gasteiger partial charge in [0.15, 0.2) is 17.5 Å². The predicted molar refractivity (Wildman–Crippen MR) is 219 cm³/mol. The van der Waals surface area contributed by atoms with Crippen LogP contribution < -0.4 is 5.32 Å². The SMILES string of the molecule is CC(=O)O[C@H]1C(=O)[C@@]2(C)[C@H]([C@H](OC(=O)c3ccccc3)[C@]3(O)CC(OC(=O)C[C@@H](NC(=O)c4ccccc4)c4ccccc4)C(C)=C1C3(C)C)[C@]1(OC(C)=O)CO[C@@H]1C[C@@H]2C. The van der Waals surface area contributed by atoms with Gasteiger partial charge in [0.1, 0.15) is 23.9 Å². The lowest BCUT2D eigenvalue weighted by atomic mass is 9.43. The van der Waals surface area contributed by atoms with E-state index in [-0.39, 0.29) is 37.0 Å². The number of hydrogen-bond acceptors (Lipinski definition) is 12. The van der Waals surface area contributed by atoms with Crippen molar-refractivity contribution in [2.75, 3.05) is 6.61 Å². The fraction of sp³-hybridized carbons (Fsp3) is 0.458. The third-order valence-electron chi connectivity index (χ3n) is 13.8. The molecule has 2 saturated carbocycles. The van der Waals surface area contributed by atoms with Gasteiger partial charge in [-0.1, -0.05) is 94.4 Å². The van der Waals surface area contributed by atoms with Gasteiger partial charge in [-0.15, -0.1) is 0 Å². The number of fused-ring (bicyclic) bond motifs is 5. The van der Waals surface area contributed by atoms with Crippen molar-refractivity contribution in [3.8, 4) is 0 Å². The molecule has 3 aromatic carbocycles. The summed E-state index contributed by atoms with van der Waals surface area (Å²) in [5.41, 5.74) is -5.07. The zero-order valence-corrected chi connectivity index (χ0v) is 35.5. The first-order valence-electron chi connectivity index (χ1n) is 20.7. The number of rotatable bonds is 10. The molecule has 7 rings (SSSR count). The normalized spacial score (nSPS) is 31.6. The van der Waals surface area contributed by atoms with E-state index in [0.717, 1.165) is 0 Å². The highest BCUT2D eigenvalue weighted by Crippen LogP contribution is 2.65. The standard InChI is InChI=1S/C48H53NO12/c1-27-23-36-47(26-57-36,61-30(4)51)40-42(60-44(55)33-21-15-10-16-22-33)48(56)25-35(28(2)38(45(48,5)6)39(58-29(3)50)41(53)46(27,40)7)59-37(52)24-34(31-17-11-8-12-18-31)49-43(54)32-19-13-9-14-20-32/h8-22,27,34-36,39-40,42,56H,23-26H2,1-7H3,(H,49,54)/t27-,34+,35?,36+,39+,40-,42-,46+,47-,48+/m0/s1. The number of nitrogens with one attached hydrogen (secondary N) is 1. The Kier molecular flexibility index (Phi) is 11.6. The molecular formula is C48H53NO12. The molecule has 0 aromatic heterocycles. The summed E-state index contributed by atoms with van der Waals surface area (Å²) in [6.07, 6.45) is -5.57. The van der Waals surface area contributed by atoms with Crippen LogP contribution in [0, 0.1) is 22.7 Å². The molecular weight excluding hydrogens is 783 g/mol. The molecule has 13 heteroatoms. The van der Waals surface area contributed by atoms with Gasteiger partial charge in [0.2, 0.25) is 0 Å². The molecule has 1 aliphatic heterocycles. The van der Waals surface area contributed by atoms with E-state index in [9.17, 15) is 29.1 Å². The third kappa shape index (κ3) is 7.45. The van der Waals surface area contributed by atoms with E-state index in [1.54, 1.807) is 113 Å². The average molecular weight is 836 g/mol. The number of aliphatic hydroxyl groups is 1. The van der Waals surface area contributed by atoms with E-state index >= 15 is 4.79 Å². The minimum absolute atomic E-state index is 0.165. The van der Waals surface area contributed by atoms with E-state index < -0.39 is 99.9 Å². The van der Waals surface area contributed by atoms with Crippen molar-refractivity contribution in [2.45, 2.75) is 109 Å². The molecule has 1 saturated heterocycles. The van der Waals surface area contributed by atoms with Crippen LogP contribution in [0.1, 0.15) is 100 Å². The number of Topliss-reactive ketones (excluding diaryl/α,β-unsaturated/α-hetero) is 1. The van der Waals surface area contributed by atoms with Gasteiger partial charge in [0.25, 0.3) is 5.91 Å². The Labute approximate surface area is 355 Å². The summed E-state index contributed by atoms with van der Waals surface area (Å²) in [4.78, 5) is 83.7. The zero-order valence-electron chi connectivity index (χ0n) is 35.5. The first kappa shape index (κ1) is 43.4. The van der Waals surface area contributed by atoms with Crippen molar-refractivity contribution in [2.24, 2.45) is 22.7 Å². The van der Waals surface area contributed by atoms with Gasteiger partial charge in [0.05, 0.1) is 30.6 Å². The molecule has 61 heavy (non-hydrogen) atoms. The second-order valence-corrected chi connectivity index (χ2v) is 17.6. The van der Waals surface area contributed by atoms with Crippen LogP contribution in [0.25, 0.3) is 0 Å². The van der Waals surface area contributed by atoms with Crippen LogP contribution in [-0.4, -0.2) is 82.9 Å². The summed E-state index contributed by atoms with van der Waals surface area (Å²) in [6, 6.07) is 24.8. The molecule has 1 amide bonds. The Balaban J connectivity index is 1.37. The molecule has 1 unspecified atom stereocenters. The van der Waals surface area contributed by atoms with Crippen LogP contribution >= 0.6 is 0 Å². The lowest BCUT2D eigenvalue weighted by molar-refractivity contribution is -0.340. The topological polar surface area (TPSA) is 181 Å². The monoisotopic (exact) mass is 835 g/mol. The van der Waals surface area contributed by atoms with Crippen molar-refractivity contribution in [3.05, 3.63) is 119 Å². The van der Waals surface area contributed by atoms with Crippen LogP contribution in [-0.2, 0) is 42.9 Å². The van der Waals surface area contributed by atoms with E-state index in [2.05, 4.69) is 5.32 Å². The maximum atomic E-state index is 15.6. The number of ketones is 1. The average Bonchev–Trinajstić information content (AvgIpc) is 3.22. The Morgan fingerprint density at radius 3 is 1.98 bits per heavy atom. The molecule has 2 bridgehead atoms. The van der Waals surface area contributed by atoms with Gasteiger partial charge >= 0.3 is 23.9 Å².